The number of hydrogen-bond acceptors (Lipinski definition) is 4. The van der Waals surface area contributed by atoms with Crippen LogP contribution in [0.15, 0.2) is 0 Å². The van der Waals surface area contributed by atoms with Gasteiger partial charge in [0.15, 0.2) is 0 Å². The Hall–Kier alpha value is -1.46. The summed E-state index contributed by atoms with van der Waals surface area (Å²) in [5.74, 6) is 0. The van der Waals surface area contributed by atoms with Crippen molar-refractivity contribution in [2.45, 2.75) is 26.4 Å². The van der Waals surface area contributed by atoms with Gasteiger partial charge >= 0.3 is 12.2 Å². The smallest absolute Gasteiger partial charge is 0.407 e. The van der Waals surface area contributed by atoms with Crippen molar-refractivity contribution < 1.29 is 19.1 Å². The van der Waals surface area contributed by atoms with E-state index in [-0.39, 0.29) is 0 Å². The van der Waals surface area contributed by atoms with Gasteiger partial charge in [-0.15, -0.1) is 0 Å². The quantitative estimate of drug-likeness (QED) is 0.689. The number of methoxy groups -OCH3 is 1. The highest BCUT2D eigenvalue weighted by molar-refractivity contribution is 5.68. The van der Waals surface area contributed by atoms with Gasteiger partial charge in [-0.25, -0.2) is 9.59 Å². The Balaban J connectivity index is 3.52. The van der Waals surface area contributed by atoms with Crippen LogP contribution >= 0.6 is 0 Å². The van der Waals surface area contributed by atoms with Crippen LogP contribution in [0.25, 0.3) is 0 Å². The largest absolute Gasteiger partial charge is 0.453 e. The molecule has 0 fully saturated rings. The van der Waals surface area contributed by atoms with Gasteiger partial charge in [0.05, 0.1) is 7.11 Å². The van der Waals surface area contributed by atoms with Crippen molar-refractivity contribution in [1.29, 1.82) is 0 Å². The molecule has 2 N–H and O–H groups in total. The van der Waals surface area contributed by atoms with Crippen molar-refractivity contribution in [2.24, 2.45) is 0 Å². The lowest BCUT2D eigenvalue weighted by molar-refractivity contribution is 0.0527. The molecule has 0 aromatic rings. The maximum atomic E-state index is 11.1. The van der Waals surface area contributed by atoms with Gasteiger partial charge in [0.1, 0.15) is 5.60 Å². The molecular weight excluding hydrogens is 200 g/mol. The van der Waals surface area contributed by atoms with E-state index in [0.29, 0.717) is 13.1 Å². The molecular formula is C9H18N2O4. The normalized spacial score (nSPS) is 10.4. The maximum Gasteiger partial charge on any atom is 0.407 e. The molecule has 0 spiro atoms. The molecule has 0 saturated heterocycles. The Morgan fingerprint density at radius 3 is 1.93 bits per heavy atom. The van der Waals surface area contributed by atoms with E-state index in [0.717, 1.165) is 0 Å². The molecule has 0 aromatic heterocycles. The molecule has 0 aliphatic carbocycles. The summed E-state index contributed by atoms with van der Waals surface area (Å²) in [6.07, 6.45) is -1.03. The average Bonchev–Trinajstić information content (AvgIpc) is 2.09. The van der Waals surface area contributed by atoms with Crippen molar-refractivity contribution in [3.05, 3.63) is 0 Å². The van der Waals surface area contributed by atoms with Gasteiger partial charge in [-0.05, 0) is 20.8 Å². The van der Waals surface area contributed by atoms with E-state index in [4.69, 9.17) is 4.74 Å². The van der Waals surface area contributed by atoms with E-state index in [1.807, 2.05) is 0 Å². The molecule has 6 heteroatoms. The van der Waals surface area contributed by atoms with Gasteiger partial charge in [0.2, 0.25) is 0 Å². The lowest BCUT2D eigenvalue weighted by Gasteiger charge is -2.19. The lowest BCUT2D eigenvalue weighted by Crippen LogP contribution is -2.37. The molecule has 0 bridgehead atoms. The number of carbonyl (C=O) groups excluding carboxylic acids is 2. The fraction of sp³-hybridized carbons (Fsp3) is 0.778. The van der Waals surface area contributed by atoms with E-state index in [9.17, 15) is 9.59 Å². The van der Waals surface area contributed by atoms with E-state index in [1.54, 1.807) is 20.8 Å². The van der Waals surface area contributed by atoms with Crippen molar-refractivity contribution in [1.82, 2.24) is 10.6 Å². The van der Waals surface area contributed by atoms with Gasteiger partial charge in [-0.2, -0.15) is 0 Å². The monoisotopic (exact) mass is 218 g/mol. The third-order valence-corrected chi connectivity index (χ3v) is 1.25. The van der Waals surface area contributed by atoms with Crippen LogP contribution < -0.4 is 10.6 Å². The first-order valence-electron chi connectivity index (χ1n) is 4.64. The fourth-order valence-corrected chi connectivity index (χ4v) is 0.715. The Labute approximate surface area is 89.3 Å². The Bertz CT molecular complexity index is 223. The molecule has 2 amide bonds. The molecule has 0 aromatic carbocycles. The van der Waals surface area contributed by atoms with Gasteiger partial charge in [-0.3, -0.25) is 0 Å². The molecule has 0 unspecified atom stereocenters. The fourth-order valence-electron chi connectivity index (χ4n) is 0.715. The van der Waals surface area contributed by atoms with E-state index in [1.165, 1.54) is 7.11 Å². The zero-order valence-corrected chi connectivity index (χ0v) is 9.55. The third-order valence-electron chi connectivity index (χ3n) is 1.25. The van der Waals surface area contributed by atoms with Crippen LogP contribution in [0, 0.1) is 0 Å². The summed E-state index contributed by atoms with van der Waals surface area (Å²) in [5.41, 5.74) is -0.514. The van der Waals surface area contributed by atoms with Crippen LogP contribution in [-0.4, -0.2) is 38.0 Å². The molecule has 0 saturated carbocycles. The zero-order chi connectivity index (χ0) is 11.9. The van der Waals surface area contributed by atoms with E-state index < -0.39 is 17.8 Å². The number of carbonyl (C=O) groups is 2. The summed E-state index contributed by atoms with van der Waals surface area (Å²) in [6.45, 7) is 5.92. The summed E-state index contributed by atoms with van der Waals surface area (Å²) >= 11 is 0. The predicted octanol–water partition coefficient (Wildman–Crippen LogP) is 0.867. The predicted molar refractivity (Wildman–Crippen MR) is 54.6 cm³/mol. The molecule has 15 heavy (non-hydrogen) atoms. The maximum absolute atomic E-state index is 11.1. The Morgan fingerprint density at radius 2 is 1.53 bits per heavy atom. The molecule has 0 aliphatic rings. The van der Waals surface area contributed by atoms with Crippen LogP contribution in [0.2, 0.25) is 0 Å². The molecule has 0 rings (SSSR count). The second kappa shape index (κ2) is 6.10. The Kier molecular flexibility index (Phi) is 5.51. The highest BCUT2D eigenvalue weighted by atomic mass is 16.6. The molecule has 0 atom stereocenters. The molecule has 0 heterocycles. The van der Waals surface area contributed by atoms with Gasteiger partial charge < -0.3 is 20.1 Å². The average molecular weight is 218 g/mol. The summed E-state index contributed by atoms with van der Waals surface area (Å²) < 4.78 is 9.32. The summed E-state index contributed by atoms with van der Waals surface area (Å²) in [7, 11) is 1.27. The summed E-state index contributed by atoms with van der Waals surface area (Å²) in [4.78, 5) is 21.7. The lowest BCUT2D eigenvalue weighted by atomic mass is 10.2. The second-order valence-electron chi connectivity index (χ2n) is 3.85. The van der Waals surface area contributed by atoms with Crippen molar-refractivity contribution in [3.8, 4) is 0 Å². The standard InChI is InChI=1S/C9H18N2O4/c1-9(2,3)15-8(13)11-6-5-10-7(12)14-4/h5-6H2,1-4H3,(H,10,12)(H,11,13). The SMILES string of the molecule is COC(=O)NCCNC(=O)OC(C)(C)C. The third kappa shape index (κ3) is 8.86. The van der Waals surface area contributed by atoms with Crippen LogP contribution in [0.4, 0.5) is 9.59 Å². The van der Waals surface area contributed by atoms with Crippen LogP contribution in [-0.2, 0) is 9.47 Å². The molecule has 88 valence electrons. The minimum atomic E-state index is -0.527. The first kappa shape index (κ1) is 13.5. The second-order valence-corrected chi connectivity index (χ2v) is 3.85. The number of rotatable bonds is 3. The van der Waals surface area contributed by atoms with Crippen LogP contribution in [0.3, 0.4) is 0 Å². The van der Waals surface area contributed by atoms with E-state index >= 15 is 0 Å². The molecule has 6 nitrogen and oxygen atoms in total. The molecule has 0 radical (unpaired) electrons. The highest BCUT2D eigenvalue weighted by Crippen LogP contribution is 2.05. The van der Waals surface area contributed by atoms with E-state index in [2.05, 4.69) is 15.4 Å². The minimum Gasteiger partial charge on any atom is -0.453 e. The van der Waals surface area contributed by atoms with Crippen molar-refractivity contribution in [3.63, 3.8) is 0 Å². The van der Waals surface area contributed by atoms with Gasteiger partial charge in [0.25, 0.3) is 0 Å². The zero-order valence-electron chi connectivity index (χ0n) is 9.55. The van der Waals surface area contributed by atoms with Crippen molar-refractivity contribution >= 4 is 12.2 Å². The van der Waals surface area contributed by atoms with Gasteiger partial charge in [0, 0.05) is 13.1 Å². The van der Waals surface area contributed by atoms with Gasteiger partial charge in [-0.1, -0.05) is 0 Å². The number of amides is 2. The Morgan fingerprint density at radius 1 is 1.07 bits per heavy atom. The number of hydrogen-bond donors (Lipinski definition) is 2. The number of nitrogens with one attached hydrogen (secondary N) is 2. The minimum absolute atomic E-state index is 0.296. The first-order chi connectivity index (χ1) is 6.85. The number of alkyl carbamates (subject to hydrolysis) is 2. The first-order valence-corrected chi connectivity index (χ1v) is 4.64. The van der Waals surface area contributed by atoms with Crippen LogP contribution in [0.1, 0.15) is 20.8 Å². The summed E-state index contributed by atoms with van der Waals surface area (Å²) in [5, 5.41) is 4.91. The molecule has 0 aliphatic heterocycles. The van der Waals surface area contributed by atoms with Crippen LogP contribution in [0.5, 0.6) is 0 Å². The highest BCUT2D eigenvalue weighted by Gasteiger charge is 2.15. The number of ether oxygens (including phenoxy) is 2. The topological polar surface area (TPSA) is 76.7 Å². The van der Waals surface area contributed by atoms with Crippen molar-refractivity contribution in [2.75, 3.05) is 20.2 Å². The summed E-state index contributed by atoms with van der Waals surface area (Å²) in [6, 6.07) is 0.